The molecular weight excluding hydrogens is 827 g/mol. The predicted octanol–water partition coefficient (Wildman–Crippen LogP) is 14.5. The van der Waals surface area contributed by atoms with Crippen molar-refractivity contribution in [2.75, 3.05) is 0 Å². The van der Waals surface area contributed by atoms with Crippen LogP contribution in [-0.2, 0) is 30.4 Å². The Bertz CT molecular complexity index is 1450. The fourth-order valence-corrected chi connectivity index (χ4v) is 50.5. The summed E-state index contributed by atoms with van der Waals surface area (Å²) in [5, 5.41) is 26.1. The van der Waals surface area contributed by atoms with Gasteiger partial charge in [-0.3, -0.25) is 0 Å². The van der Waals surface area contributed by atoms with Crippen LogP contribution in [-0.4, -0.2) is 20.7 Å². The molecule has 2 aromatic carbocycles. The van der Waals surface area contributed by atoms with Crippen molar-refractivity contribution in [2.45, 2.75) is 213 Å². The number of phenolic OH excluding ortho intramolecular Hbond substituents is 2. The maximum atomic E-state index is 12.2. The molecule has 2 N–H and O–H groups in total. The van der Waals surface area contributed by atoms with Gasteiger partial charge in [0.25, 0.3) is 0 Å². The van der Waals surface area contributed by atoms with Crippen LogP contribution in [0.5, 0.6) is 11.5 Å². The molecule has 2 aromatic rings. The van der Waals surface area contributed by atoms with Crippen molar-refractivity contribution in [1.82, 2.24) is 0 Å². The SMILES string of the molecule is Oc1c(C[S]2=[Hf]=[S](Cc3cc(C4CCCCC4)cc(C4CCCCC4)c3O)[C@H]3CCCCCC[C@@H]32)cc(C2CCCCC2)cc1C1CCCCC1. The Hall–Kier alpha value is -0.390. The van der Waals surface area contributed by atoms with Crippen LogP contribution < -0.4 is 0 Å². The summed E-state index contributed by atoms with van der Waals surface area (Å²) in [6, 6.07) is 10.1. The number of benzene rings is 2. The summed E-state index contributed by atoms with van der Waals surface area (Å²) >= 11 is -1.04. The van der Waals surface area contributed by atoms with Gasteiger partial charge in [0, 0.05) is 0 Å². The number of fused-ring (bicyclic) bond motifs is 1. The Morgan fingerprint density at radius 2 is 0.725 bits per heavy atom. The second kappa shape index (κ2) is 18.0. The molecule has 280 valence electrons. The van der Waals surface area contributed by atoms with E-state index < -0.39 is 18.9 Å². The molecule has 1 heterocycles. The monoisotopic (exact) mass is 896 g/mol. The zero-order chi connectivity index (χ0) is 34.6. The third kappa shape index (κ3) is 8.87. The average molecular weight is 896 g/mol. The molecule has 0 bridgehead atoms. The van der Waals surface area contributed by atoms with Gasteiger partial charge in [-0.2, -0.15) is 0 Å². The van der Waals surface area contributed by atoms with Crippen LogP contribution in [0, 0.1) is 0 Å². The van der Waals surface area contributed by atoms with Crippen molar-refractivity contribution in [3.8, 4) is 11.5 Å². The first kappa shape index (κ1) is 37.5. The summed E-state index contributed by atoms with van der Waals surface area (Å²) in [5.74, 6) is 6.35. The second-order valence-electron chi connectivity index (χ2n) is 17.9. The van der Waals surface area contributed by atoms with Gasteiger partial charge in [-0.1, -0.05) is 0 Å². The van der Waals surface area contributed by atoms with E-state index >= 15 is 0 Å². The average Bonchev–Trinajstić information content (AvgIpc) is 3.47. The molecule has 0 aromatic heterocycles. The standard InChI is InChI=1S/C46H68O2S2.Hf/c47-45-39(27-37(33-17-7-3-8-18-33)29-41(45)35-21-11-5-12-22-35)31-49-43-25-15-1-2-16-26-44(43)50-32-40-28-38(34-19-9-4-10-20-34)30-42(46(40)48)36-23-13-6-14-24-36;/h27-30,33-36,43-44,47-48H,1-26,31-32H2;/t43-,44-;/m0./s1. The van der Waals surface area contributed by atoms with Gasteiger partial charge >= 0.3 is 325 Å². The molecule has 5 fully saturated rings. The molecule has 0 amide bonds. The molecule has 5 saturated carbocycles. The Labute approximate surface area is 322 Å². The predicted molar refractivity (Wildman–Crippen MR) is 217 cm³/mol. The van der Waals surface area contributed by atoms with Gasteiger partial charge in [-0.05, 0) is 0 Å². The Kier molecular flexibility index (Phi) is 13.3. The van der Waals surface area contributed by atoms with Gasteiger partial charge in [0.05, 0.1) is 0 Å². The van der Waals surface area contributed by atoms with Crippen LogP contribution in [0.4, 0.5) is 0 Å². The van der Waals surface area contributed by atoms with E-state index in [2.05, 4.69) is 24.3 Å². The molecular formula is C46H68HfO2S2. The molecule has 5 heteroatoms. The molecule has 4 atom stereocenters. The van der Waals surface area contributed by atoms with E-state index in [9.17, 15) is 10.2 Å². The van der Waals surface area contributed by atoms with Gasteiger partial charge in [-0.25, -0.2) is 0 Å². The number of phenols is 2. The molecule has 8 rings (SSSR count). The van der Waals surface area contributed by atoms with Gasteiger partial charge in [-0.15, -0.1) is 0 Å². The van der Waals surface area contributed by atoms with Crippen LogP contribution in [0.2, 0.25) is 0 Å². The summed E-state index contributed by atoms with van der Waals surface area (Å²) in [6.45, 7) is 0. The van der Waals surface area contributed by atoms with Crippen LogP contribution in [0.15, 0.2) is 24.3 Å². The van der Waals surface area contributed by atoms with E-state index in [-0.39, 0.29) is 0 Å². The van der Waals surface area contributed by atoms with Gasteiger partial charge in [0.15, 0.2) is 0 Å². The van der Waals surface area contributed by atoms with Gasteiger partial charge < -0.3 is 0 Å². The quantitative estimate of drug-likeness (QED) is 0.259. The first-order chi connectivity index (χ1) is 25.1. The maximum absolute atomic E-state index is 12.2. The van der Waals surface area contributed by atoms with E-state index in [4.69, 9.17) is 0 Å². The molecule has 1 aliphatic heterocycles. The summed E-state index contributed by atoms with van der Waals surface area (Å²) < 4.78 is 0. The number of rotatable bonds is 8. The Morgan fingerprint density at radius 1 is 0.412 bits per heavy atom. The molecule has 5 aliphatic carbocycles. The number of hydrogen-bond donors (Lipinski definition) is 2. The van der Waals surface area contributed by atoms with Crippen molar-refractivity contribution in [2.24, 2.45) is 0 Å². The number of hydrogen-bond acceptors (Lipinski definition) is 2. The molecule has 0 radical (unpaired) electrons. The zero-order valence-corrected chi connectivity index (χ0v) is 37.0. The zero-order valence-electron chi connectivity index (χ0n) is 31.8. The summed E-state index contributed by atoms with van der Waals surface area (Å²) in [7, 11) is 0.970. The van der Waals surface area contributed by atoms with E-state index in [0.717, 1.165) is 22.0 Å². The topological polar surface area (TPSA) is 40.5 Å². The van der Waals surface area contributed by atoms with Crippen molar-refractivity contribution >= 4 is 14.4 Å². The van der Waals surface area contributed by atoms with Crippen molar-refractivity contribution in [3.05, 3.63) is 57.6 Å². The van der Waals surface area contributed by atoms with Crippen molar-refractivity contribution in [3.63, 3.8) is 0 Å². The first-order valence-corrected chi connectivity index (χ1v) is 33.7. The van der Waals surface area contributed by atoms with Crippen LogP contribution in [0.3, 0.4) is 0 Å². The van der Waals surface area contributed by atoms with E-state index in [1.54, 1.807) is 11.1 Å². The second-order valence-corrected chi connectivity index (χ2v) is 38.7. The Morgan fingerprint density at radius 3 is 1.10 bits per heavy atom. The van der Waals surface area contributed by atoms with Crippen molar-refractivity contribution < 1.29 is 29.1 Å². The molecule has 0 saturated heterocycles. The number of aromatic hydroxyl groups is 2. The first-order valence-electron chi connectivity index (χ1n) is 22.0. The molecule has 51 heavy (non-hydrogen) atoms. The molecule has 2 nitrogen and oxygen atoms in total. The third-order valence-electron chi connectivity index (χ3n) is 14.4. The fraction of sp³-hybridized carbons (Fsp3) is 0.739. The van der Waals surface area contributed by atoms with E-state index in [0.29, 0.717) is 38.1 Å². The van der Waals surface area contributed by atoms with Crippen LogP contribution >= 0.6 is 14.4 Å². The summed E-state index contributed by atoms with van der Waals surface area (Å²) in [4.78, 5) is 0. The van der Waals surface area contributed by atoms with E-state index in [1.165, 1.54) is 201 Å². The molecule has 6 aliphatic rings. The summed E-state index contributed by atoms with van der Waals surface area (Å²) in [6.07, 6.45) is 35.4. The summed E-state index contributed by atoms with van der Waals surface area (Å²) in [5.41, 5.74) is 8.60. The molecule has 2 unspecified atom stereocenters. The minimum atomic E-state index is -1.04. The Balaban J connectivity index is 1.17. The van der Waals surface area contributed by atoms with E-state index in [1.807, 2.05) is 0 Å². The van der Waals surface area contributed by atoms with Crippen LogP contribution in [0.1, 0.15) is 224 Å². The van der Waals surface area contributed by atoms with Gasteiger partial charge in [0.2, 0.25) is 0 Å². The normalized spacial score (nSPS) is 29.1. The third-order valence-corrected chi connectivity index (χ3v) is 43.6. The molecule has 0 spiro atoms. The van der Waals surface area contributed by atoms with Gasteiger partial charge in [0.1, 0.15) is 0 Å². The fourth-order valence-electron chi connectivity index (χ4n) is 11.4. The van der Waals surface area contributed by atoms with Crippen molar-refractivity contribution in [1.29, 1.82) is 0 Å². The van der Waals surface area contributed by atoms with Crippen LogP contribution in [0.25, 0.3) is 0 Å². The minimum absolute atomic E-state index is 0.485.